The summed E-state index contributed by atoms with van der Waals surface area (Å²) in [6, 6.07) is 9.41. The highest BCUT2D eigenvalue weighted by molar-refractivity contribution is 6.04. The number of Topliss-reactive ketones (excluding diaryl/α,β-unsaturated/α-hetero) is 1. The number of esters is 1. The Hall–Kier alpha value is -3.01. The highest BCUT2D eigenvalue weighted by Gasteiger charge is 2.83. The Kier molecular flexibility index (Phi) is 9.85. The zero-order chi connectivity index (χ0) is 35.3. The first-order valence-electron chi connectivity index (χ1n) is 17.7. The largest absolute Gasteiger partial charge is 0.457 e. The van der Waals surface area contributed by atoms with Crippen molar-refractivity contribution in [3.05, 3.63) is 59.2 Å². The number of amides is 1. The van der Waals surface area contributed by atoms with Crippen molar-refractivity contribution in [3.63, 3.8) is 0 Å². The van der Waals surface area contributed by atoms with E-state index in [1.165, 1.54) is 5.56 Å². The molecule has 9 nitrogen and oxygen atoms in total. The van der Waals surface area contributed by atoms with E-state index in [0.717, 1.165) is 25.7 Å². The summed E-state index contributed by atoms with van der Waals surface area (Å²) in [5.41, 5.74) is -3.45. The molecule has 0 aliphatic heterocycles. The minimum atomic E-state index is -1.85. The first-order chi connectivity index (χ1) is 22.4. The molecule has 48 heavy (non-hydrogen) atoms. The third-order valence-corrected chi connectivity index (χ3v) is 11.7. The van der Waals surface area contributed by atoms with Crippen LogP contribution in [0.2, 0.25) is 0 Å². The van der Waals surface area contributed by atoms with Gasteiger partial charge in [-0.15, -0.1) is 0 Å². The summed E-state index contributed by atoms with van der Waals surface area (Å²) in [6.45, 7) is 12.5. The Labute approximate surface area is 285 Å². The van der Waals surface area contributed by atoms with E-state index in [9.17, 15) is 29.7 Å². The number of benzene rings is 1. The quantitative estimate of drug-likeness (QED) is 0.136. The lowest BCUT2D eigenvalue weighted by Gasteiger charge is -2.50. The number of fused-ring (bicyclic) bond motifs is 5. The molecule has 4 N–H and O–H groups in total. The first kappa shape index (κ1) is 36.3. The minimum absolute atomic E-state index is 0.0699. The smallest absolute Gasteiger partial charge is 0.408 e. The summed E-state index contributed by atoms with van der Waals surface area (Å²) in [5, 5.41) is 37.4. The average molecular weight is 666 g/mol. The molecule has 1 amide bonds. The monoisotopic (exact) mass is 665 g/mol. The van der Waals surface area contributed by atoms with Gasteiger partial charge >= 0.3 is 12.1 Å². The molecule has 0 heterocycles. The Balaban J connectivity index is 1.35. The van der Waals surface area contributed by atoms with Crippen LogP contribution >= 0.6 is 0 Å². The number of carbonyl (C=O) groups is 3. The van der Waals surface area contributed by atoms with E-state index in [4.69, 9.17) is 9.47 Å². The lowest BCUT2D eigenvalue weighted by molar-refractivity contribution is -0.188. The SMILES string of the molecule is CC1=C[C@H]2[C@@]3(O)[C@H](C)C[C@]4(OC(=O)[C@@H](CCCCCCc5ccccc5)NC(=O)OC(C)(C)C)[C@H]([C@@H]3C=C(CO)C[C@]2(O)C1=O)C4(C)C. The van der Waals surface area contributed by atoms with Crippen molar-refractivity contribution in [1.82, 2.24) is 5.32 Å². The summed E-state index contributed by atoms with van der Waals surface area (Å²) in [6.07, 6.45) is 8.07. The van der Waals surface area contributed by atoms with Crippen LogP contribution < -0.4 is 5.32 Å². The number of ether oxygens (including phenoxy) is 2. The fraction of sp³-hybridized carbons (Fsp3) is 0.667. The van der Waals surface area contributed by atoms with Gasteiger partial charge in [0, 0.05) is 29.6 Å². The summed E-state index contributed by atoms with van der Waals surface area (Å²) in [7, 11) is 0. The van der Waals surface area contributed by atoms with Gasteiger partial charge in [-0.2, -0.15) is 0 Å². The number of carbonyl (C=O) groups excluding carboxylic acids is 3. The van der Waals surface area contributed by atoms with Crippen LogP contribution in [0.5, 0.6) is 0 Å². The second-order valence-corrected chi connectivity index (χ2v) is 16.4. The van der Waals surface area contributed by atoms with Crippen molar-refractivity contribution in [3.8, 4) is 0 Å². The number of unbranched alkanes of at least 4 members (excludes halogenated alkanes) is 3. The van der Waals surface area contributed by atoms with E-state index in [1.54, 1.807) is 33.8 Å². The Bertz CT molecular complexity index is 1460. The van der Waals surface area contributed by atoms with Gasteiger partial charge < -0.3 is 30.1 Å². The number of alkyl carbamates (subject to hydrolysis) is 1. The van der Waals surface area contributed by atoms with Gasteiger partial charge in [0.25, 0.3) is 0 Å². The molecule has 0 unspecified atom stereocenters. The van der Waals surface area contributed by atoms with Crippen LogP contribution in [0.3, 0.4) is 0 Å². The lowest BCUT2D eigenvalue weighted by Crippen LogP contribution is -2.61. The van der Waals surface area contributed by atoms with Crippen LogP contribution in [-0.2, 0) is 25.5 Å². The van der Waals surface area contributed by atoms with Crippen molar-refractivity contribution in [1.29, 1.82) is 0 Å². The molecule has 2 saturated carbocycles. The second kappa shape index (κ2) is 13.0. The van der Waals surface area contributed by atoms with E-state index in [2.05, 4.69) is 17.4 Å². The highest BCUT2D eigenvalue weighted by Crippen LogP contribution is 2.76. The number of aliphatic hydroxyl groups excluding tert-OH is 1. The molecule has 0 bridgehead atoms. The minimum Gasteiger partial charge on any atom is -0.457 e. The Morgan fingerprint density at radius 2 is 1.71 bits per heavy atom. The number of ketones is 1. The molecule has 264 valence electrons. The maximum atomic E-state index is 14.1. The number of rotatable bonds is 11. The van der Waals surface area contributed by atoms with Gasteiger partial charge in [-0.25, -0.2) is 9.59 Å². The Morgan fingerprint density at radius 1 is 1.04 bits per heavy atom. The summed E-state index contributed by atoms with van der Waals surface area (Å²) in [5.74, 6) is -3.25. The van der Waals surface area contributed by atoms with Crippen molar-refractivity contribution in [2.75, 3.05) is 6.61 Å². The van der Waals surface area contributed by atoms with Crippen LogP contribution in [-0.4, -0.2) is 68.2 Å². The van der Waals surface area contributed by atoms with E-state index >= 15 is 0 Å². The maximum Gasteiger partial charge on any atom is 0.408 e. The molecule has 0 saturated heterocycles. The first-order valence-corrected chi connectivity index (χ1v) is 17.7. The van der Waals surface area contributed by atoms with Crippen LogP contribution in [0.15, 0.2) is 53.6 Å². The van der Waals surface area contributed by atoms with E-state index in [-0.39, 0.29) is 18.9 Å². The molecule has 0 radical (unpaired) electrons. The van der Waals surface area contributed by atoms with Crippen LogP contribution in [0.25, 0.3) is 0 Å². The zero-order valence-electron chi connectivity index (χ0n) is 29.7. The number of hydrogen-bond donors (Lipinski definition) is 4. The van der Waals surface area contributed by atoms with Gasteiger partial charge in [-0.3, -0.25) is 4.79 Å². The lowest BCUT2D eigenvalue weighted by atomic mass is 9.60. The molecule has 4 aliphatic carbocycles. The average Bonchev–Trinajstić information content (AvgIpc) is 3.41. The van der Waals surface area contributed by atoms with Gasteiger partial charge in [0.15, 0.2) is 5.78 Å². The molecule has 5 rings (SSSR count). The molecule has 1 aromatic carbocycles. The summed E-state index contributed by atoms with van der Waals surface area (Å²) < 4.78 is 12.0. The summed E-state index contributed by atoms with van der Waals surface area (Å²) >= 11 is 0. The second-order valence-electron chi connectivity index (χ2n) is 16.4. The number of aliphatic hydroxyl groups is 3. The van der Waals surface area contributed by atoms with Gasteiger partial charge in [-0.05, 0) is 76.0 Å². The molecular formula is C39H55NO8. The molecule has 1 aromatic rings. The molecule has 0 aromatic heterocycles. The van der Waals surface area contributed by atoms with Crippen LogP contribution in [0, 0.1) is 29.1 Å². The molecule has 8 atom stereocenters. The number of hydrogen-bond acceptors (Lipinski definition) is 8. The number of nitrogens with one attached hydrogen (secondary N) is 1. The Morgan fingerprint density at radius 3 is 2.35 bits per heavy atom. The predicted molar refractivity (Wildman–Crippen MR) is 182 cm³/mol. The topological polar surface area (TPSA) is 142 Å². The number of aryl methyl sites for hydroxylation is 1. The zero-order valence-corrected chi connectivity index (χ0v) is 29.7. The highest BCUT2D eigenvalue weighted by atomic mass is 16.6. The van der Waals surface area contributed by atoms with Crippen molar-refractivity contribution in [2.45, 2.75) is 128 Å². The van der Waals surface area contributed by atoms with E-state index < -0.39 is 69.5 Å². The van der Waals surface area contributed by atoms with Crippen LogP contribution in [0.1, 0.15) is 99.0 Å². The van der Waals surface area contributed by atoms with Gasteiger partial charge in [-0.1, -0.05) is 82.5 Å². The standard InChI is InChI=1S/C39H55NO8/c1-24-19-30-37(45,32(24)42)22-27(23-41)20-28-31-36(6,7)38(31,21-25(2)39(28,30)46)47-33(43)29(40-34(44)48-35(3,4)5)18-14-9-8-11-15-26-16-12-10-13-17-26/h10,12-13,16-17,19-20,25,28-31,41,45-46H,8-9,11,14-15,18,21-23H2,1-7H3,(H,40,44)/t25-,28+,29-,30-,31-,37-,38+,39-/m1/s1. The van der Waals surface area contributed by atoms with E-state index in [0.29, 0.717) is 30.4 Å². The molecule has 4 aliphatic rings. The third kappa shape index (κ3) is 6.38. The van der Waals surface area contributed by atoms with Gasteiger partial charge in [0.2, 0.25) is 0 Å². The molecule has 9 heteroatoms. The van der Waals surface area contributed by atoms with E-state index in [1.807, 2.05) is 45.0 Å². The van der Waals surface area contributed by atoms with Crippen molar-refractivity contribution < 1.29 is 39.2 Å². The van der Waals surface area contributed by atoms with Crippen molar-refractivity contribution in [2.24, 2.45) is 29.1 Å². The fourth-order valence-corrected chi connectivity index (χ4v) is 9.22. The maximum absolute atomic E-state index is 14.1. The van der Waals surface area contributed by atoms with Crippen molar-refractivity contribution >= 4 is 17.8 Å². The fourth-order valence-electron chi connectivity index (χ4n) is 9.22. The molecule has 2 fully saturated rings. The molecule has 0 spiro atoms. The normalized spacial score (nSPS) is 34.0. The predicted octanol–water partition coefficient (Wildman–Crippen LogP) is 5.60. The van der Waals surface area contributed by atoms with Gasteiger partial charge in [0.05, 0.1) is 12.2 Å². The summed E-state index contributed by atoms with van der Waals surface area (Å²) in [4.78, 5) is 40.2. The third-order valence-electron chi connectivity index (χ3n) is 11.7. The molecular weight excluding hydrogens is 610 g/mol. The van der Waals surface area contributed by atoms with Crippen LogP contribution in [0.4, 0.5) is 4.79 Å². The van der Waals surface area contributed by atoms with Gasteiger partial charge in [0.1, 0.15) is 22.8 Å².